The number of aromatic amines is 1. The molecule has 2 rings (SSSR count). The molecule has 1 aromatic rings. The van der Waals surface area contributed by atoms with Crippen LogP contribution in [-0.4, -0.2) is 28.1 Å². The van der Waals surface area contributed by atoms with Gasteiger partial charge in [0.2, 0.25) is 5.82 Å². The maximum atomic E-state index is 13.5. The van der Waals surface area contributed by atoms with Crippen molar-refractivity contribution in [1.82, 2.24) is 9.55 Å². The zero-order valence-corrected chi connectivity index (χ0v) is 8.43. The van der Waals surface area contributed by atoms with E-state index in [1.807, 2.05) is 0 Å². The third kappa shape index (κ3) is 2.03. The summed E-state index contributed by atoms with van der Waals surface area (Å²) in [5.41, 5.74) is -2.18. The first-order valence-electron chi connectivity index (χ1n) is 4.78. The zero-order valence-electron chi connectivity index (χ0n) is 8.43. The predicted molar refractivity (Wildman–Crippen MR) is 50.8 cm³/mol. The van der Waals surface area contributed by atoms with Gasteiger partial charge in [0.15, 0.2) is 6.23 Å². The van der Waals surface area contributed by atoms with Gasteiger partial charge in [0, 0.05) is 6.42 Å². The predicted octanol–water partition coefficient (Wildman–Crippen LogP) is -0.500. The molecule has 0 amide bonds. The standard InChI is InChI=1S/C9H8F2N2O4/c10-5-1-4(3-14)17-8(5)13-2-6(11)7(15)12-9(13)16/h2-5,8H,1H2,(H,12,15,16)/t4-,5-,8+/m0/s1. The number of rotatable bonds is 2. The van der Waals surface area contributed by atoms with E-state index in [4.69, 9.17) is 4.74 Å². The maximum Gasteiger partial charge on any atom is 0.330 e. The molecular weight excluding hydrogens is 238 g/mol. The normalized spacial score (nSPS) is 28.2. The highest BCUT2D eigenvalue weighted by atomic mass is 19.1. The van der Waals surface area contributed by atoms with Crippen LogP contribution in [0.4, 0.5) is 8.78 Å². The first-order chi connectivity index (χ1) is 8.02. The molecule has 1 aliphatic rings. The Morgan fingerprint density at radius 2 is 2.24 bits per heavy atom. The lowest BCUT2D eigenvalue weighted by molar-refractivity contribution is -0.119. The molecule has 17 heavy (non-hydrogen) atoms. The van der Waals surface area contributed by atoms with Crippen molar-refractivity contribution in [2.45, 2.75) is 24.9 Å². The number of hydrogen-bond donors (Lipinski definition) is 1. The van der Waals surface area contributed by atoms with Crippen LogP contribution in [-0.2, 0) is 9.53 Å². The van der Waals surface area contributed by atoms with Crippen LogP contribution in [0, 0.1) is 5.82 Å². The topological polar surface area (TPSA) is 81.2 Å². The van der Waals surface area contributed by atoms with E-state index in [-0.39, 0.29) is 6.42 Å². The molecule has 1 N–H and O–H groups in total. The Bertz CT molecular complexity index is 553. The van der Waals surface area contributed by atoms with Crippen molar-refractivity contribution in [3.05, 3.63) is 32.9 Å². The Morgan fingerprint density at radius 3 is 2.82 bits per heavy atom. The lowest BCUT2D eigenvalue weighted by Gasteiger charge is -2.14. The van der Waals surface area contributed by atoms with Crippen LogP contribution in [0.3, 0.4) is 0 Å². The fourth-order valence-corrected chi connectivity index (χ4v) is 1.64. The average Bonchev–Trinajstić information content (AvgIpc) is 2.65. The molecule has 0 unspecified atom stereocenters. The summed E-state index contributed by atoms with van der Waals surface area (Å²) in [6.45, 7) is 0. The van der Waals surface area contributed by atoms with Gasteiger partial charge in [0.25, 0.3) is 5.56 Å². The fraction of sp³-hybridized carbons (Fsp3) is 0.444. The van der Waals surface area contributed by atoms with Gasteiger partial charge in [-0.05, 0) is 0 Å². The Balaban J connectivity index is 2.41. The number of nitrogens with zero attached hydrogens (tertiary/aromatic N) is 1. The van der Waals surface area contributed by atoms with E-state index in [1.54, 1.807) is 4.98 Å². The number of H-pyrrole nitrogens is 1. The monoisotopic (exact) mass is 246 g/mol. The number of aromatic nitrogens is 2. The summed E-state index contributed by atoms with van der Waals surface area (Å²) in [7, 11) is 0. The second-order valence-corrected chi connectivity index (χ2v) is 3.60. The minimum atomic E-state index is -1.62. The number of aldehydes is 1. The van der Waals surface area contributed by atoms with E-state index in [2.05, 4.69) is 0 Å². The van der Waals surface area contributed by atoms with Crippen LogP contribution >= 0.6 is 0 Å². The Labute approximate surface area is 92.8 Å². The Hall–Kier alpha value is -1.83. The first-order valence-corrected chi connectivity index (χ1v) is 4.78. The molecule has 1 aliphatic heterocycles. The summed E-state index contributed by atoms with van der Waals surface area (Å²) >= 11 is 0. The van der Waals surface area contributed by atoms with E-state index in [0.717, 1.165) is 0 Å². The third-order valence-electron chi connectivity index (χ3n) is 2.43. The molecule has 0 aromatic carbocycles. The number of alkyl halides is 1. The number of carbonyl (C=O) groups is 1. The summed E-state index contributed by atoms with van der Waals surface area (Å²) < 4.78 is 31.9. The molecule has 0 bridgehead atoms. The van der Waals surface area contributed by atoms with Crippen molar-refractivity contribution in [2.24, 2.45) is 0 Å². The van der Waals surface area contributed by atoms with E-state index in [9.17, 15) is 23.2 Å². The highest BCUT2D eigenvalue weighted by Gasteiger charge is 2.37. The van der Waals surface area contributed by atoms with Gasteiger partial charge in [-0.25, -0.2) is 9.18 Å². The second-order valence-electron chi connectivity index (χ2n) is 3.60. The van der Waals surface area contributed by atoms with Crippen LogP contribution in [0.2, 0.25) is 0 Å². The molecule has 0 saturated carbocycles. The van der Waals surface area contributed by atoms with Crippen LogP contribution < -0.4 is 11.2 Å². The molecule has 0 aliphatic carbocycles. The number of ether oxygens (including phenoxy) is 1. The molecule has 6 nitrogen and oxygen atoms in total. The van der Waals surface area contributed by atoms with Crippen LogP contribution in [0.25, 0.3) is 0 Å². The van der Waals surface area contributed by atoms with Gasteiger partial charge in [-0.3, -0.25) is 14.3 Å². The van der Waals surface area contributed by atoms with Crippen LogP contribution in [0.5, 0.6) is 0 Å². The molecule has 92 valence electrons. The summed E-state index contributed by atoms with van der Waals surface area (Å²) in [6, 6.07) is 0. The third-order valence-corrected chi connectivity index (χ3v) is 2.43. The van der Waals surface area contributed by atoms with Gasteiger partial charge in [-0.1, -0.05) is 0 Å². The largest absolute Gasteiger partial charge is 0.344 e. The van der Waals surface area contributed by atoms with Gasteiger partial charge in [0.1, 0.15) is 18.6 Å². The van der Waals surface area contributed by atoms with Gasteiger partial charge >= 0.3 is 5.69 Å². The smallest absolute Gasteiger partial charge is 0.330 e. The molecule has 0 spiro atoms. The number of nitrogens with one attached hydrogen (secondary N) is 1. The lowest BCUT2D eigenvalue weighted by Crippen LogP contribution is -2.36. The molecule has 1 fully saturated rings. The number of hydrogen-bond acceptors (Lipinski definition) is 4. The number of halogens is 2. The second kappa shape index (κ2) is 4.21. The molecule has 1 aromatic heterocycles. The van der Waals surface area contributed by atoms with E-state index in [0.29, 0.717) is 17.1 Å². The summed E-state index contributed by atoms with van der Waals surface area (Å²) in [5, 5.41) is 0. The molecular formula is C9H8F2N2O4. The minimum Gasteiger partial charge on any atom is -0.344 e. The van der Waals surface area contributed by atoms with Crippen molar-refractivity contribution in [3.8, 4) is 0 Å². The minimum absolute atomic E-state index is 0.207. The Kier molecular flexibility index (Phi) is 2.88. The van der Waals surface area contributed by atoms with Gasteiger partial charge in [0.05, 0.1) is 6.20 Å². The highest BCUT2D eigenvalue weighted by molar-refractivity contribution is 5.56. The first kappa shape index (κ1) is 11.6. The summed E-state index contributed by atoms with van der Waals surface area (Å²) in [4.78, 5) is 34.2. The highest BCUT2D eigenvalue weighted by Crippen LogP contribution is 2.29. The van der Waals surface area contributed by atoms with Gasteiger partial charge < -0.3 is 9.53 Å². The van der Waals surface area contributed by atoms with Crippen molar-refractivity contribution in [1.29, 1.82) is 0 Å². The zero-order chi connectivity index (χ0) is 12.6. The molecule has 3 atom stereocenters. The van der Waals surface area contributed by atoms with E-state index >= 15 is 0 Å². The van der Waals surface area contributed by atoms with Crippen molar-refractivity contribution >= 4 is 6.29 Å². The SMILES string of the molecule is O=C[C@@H]1C[C@H](F)[C@H](n2cc(F)c(=O)[nH]c2=O)O1. The average molecular weight is 246 g/mol. The summed E-state index contributed by atoms with van der Waals surface area (Å²) in [6.07, 6.45) is -3.23. The number of carbonyl (C=O) groups excluding carboxylic acids is 1. The van der Waals surface area contributed by atoms with E-state index in [1.165, 1.54) is 0 Å². The lowest BCUT2D eigenvalue weighted by atomic mass is 10.2. The van der Waals surface area contributed by atoms with Gasteiger partial charge in [-0.15, -0.1) is 0 Å². The molecule has 8 heteroatoms. The Morgan fingerprint density at radius 1 is 1.53 bits per heavy atom. The molecule has 0 radical (unpaired) electrons. The van der Waals surface area contributed by atoms with Crippen molar-refractivity contribution in [2.75, 3.05) is 0 Å². The molecule has 1 saturated heterocycles. The maximum absolute atomic E-state index is 13.5. The molecule has 2 heterocycles. The summed E-state index contributed by atoms with van der Waals surface area (Å²) in [5.74, 6) is -1.23. The quantitative estimate of drug-likeness (QED) is 0.713. The van der Waals surface area contributed by atoms with Crippen molar-refractivity contribution in [3.63, 3.8) is 0 Å². The van der Waals surface area contributed by atoms with Gasteiger partial charge in [-0.2, -0.15) is 4.39 Å². The fourth-order valence-electron chi connectivity index (χ4n) is 1.64. The van der Waals surface area contributed by atoms with Crippen LogP contribution in [0.15, 0.2) is 15.8 Å². The van der Waals surface area contributed by atoms with E-state index < -0.39 is 35.6 Å². The van der Waals surface area contributed by atoms with Crippen LogP contribution in [0.1, 0.15) is 12.6 Å². The van der Waals surface area contributed by atoms with Crippen molar-refractivity contribution < 1.29 is 18.3 Å².